The molecule has 0 radical (unpaired) electrons. The SMILES string of the molecule is N#C/C(=C/c1cccc2c1OCCCO2)C(=O)Nc1c(Cl)cccc1Cl. The van der Waals surface area contributed by atoms with Gasteiger partial charge in [0.25, 0.3) is 5.91 Å². The van der Waals surface area contributed by atoms with E-state index in [0.717, 1.165) is 6.42 Å². The summed E-state index contributed by atoms with van der Waals surface area (Å²) in [4.78, 5) is 12.5. The van der Waals surface area contributed by atoms with Crippen molar-refractivity contribution >= 4 is 40.9 Å². The lowest BCUT2D eigenvalue weighted by atomic mass is 10.1. The van der Waals surface area contributed by atoms with E-state index in [9.17, 15) is 10.1 Å². The molecule has 0 bridgehead atoms. The van der Waals surface area contributed by atoms with Crippen LogP contribution in [-0.4, -0.2) is 19.1 Å². The van der Waals surface area contributed by atoms with Crippen LogP contribution in [0.4, 0.5) is 5.69 Å². The van der Waals surface area contributed by atoms with Gasteiger partial charge in [0, 0.05) is 12.0 Å². The number of ether oxygens (including phenoxy) is 2. The molecule has 0 saturated heterocycles. The smallest absolute Gasteiger partial charge is 0.266 e. The minimum Gasteiger partial charge on any atom is -0.490 e. The first kappa shape index (κ1) is 18.1. The Morgan fingerprint density at radius 3 is 2.54 bits per heavy atom. The molecule has 1 N–H and O–H groups in total. The monoisotopic (exact) mass is 388 g/mol. The Labute approximate surface area is 160 Å². The summed E-state index contributed by atoms with van der Waals surface area (Å²) in [6, 6.07) is 12.1. The van der Waals surface area contributed by atoms with E-state index in [1.54, 1.807) is 36.4 Å². The normalized spacial score (nSPS) is 13.5. The van der Waals surface area contributed by atoms with Crippen molar-refractivity contribution in [2.75, 3.05) is 18.5 Å². The van der Waals surface area contributed by atoms with Gasteiger partial charge in [-0.25, -0.2) is 0 Å². The molecule has 1 aliphatic heterocycles. The minimum absolute atomic E-state index is 0.109. The van der Waals surface area contributed by atoms with E-state index in [4.69, 9.17) is 32.7 Å². The summed E-state index contributed by atoms with van der Waals surface area (Å²) in [5, 5.41) is 12.6. The van der Waals surface area contributed by atoms with Gasteiger partial charge in [-0.2, -0.15) is 5.26 Å². The third kappa shape index (κ3) is 3.93. The third-order valence-electron chi connectivity index (χ3n) is 3.67. The first-order valence-corrected chi connectivity index (χ1v) is 8.61. The number of amides is 1. The maximum Gasteiger partial charge on any atom is 0.266 e. The summed E-state index contributed by atoms with van der Waals surface area (Å²) in [5.41, 5.74) is 0.733. The summed E-state index contributed by atoms with van der Waals surface area (Å²) in [7, 11) is 0. The number of benzene rings is 2. The largest absolute Gasteiger partial charge is 0.490 e. The first-order chi connectivity index (χ1) is 12.6. The van der Waals surface area contributed by atoms with Crippen LogP contribution in [0.5, 0.6) is 11.5 Å². The van der Waals surface area contributed by atoms with Crippen LogP contribution in [0.3, 0.4) is 0 Å². The maximum atomic E-state index is 12.5. The first-order valence-electron chi connectivity index (χ1n) is 7.86. The topological polar surface area (TPSA) is 71.3 Å². The van der Waals surface area contributed by atoms with Gasteiger partial charge in [-0.3, -0.25) is 4.79 Å². The van der Waals surface area contributed by atoms with E-state index in [2.05, 4.69) is 5.32 Å². The zero-order valence-corrected chi connectivity index (χ0v) is 15.1. The van der Waals surface area contributed by atoms with Crippen molar-refractivity contribution in [2.24, 2.45) is 0 Å². The lowest BCUT2D eigenvalue weighted by Crippen LogP contribution is -2.14. The highest BCUT2D eigenvalue weighted by molar-refractivity contribution is 6.40. The van der Waals surface area contributed by atoms with Crippen LogP contribution in [0.2, 0.25) is 10.0 Å². The van der Waals surface area contributed by atoms with E-state index >= 15 is 0 Å². The Bertz CT molecular complexity index is 899. The number of anilines is 1. The van der Waals surface area contributed by atoms with E-state index in [0.29, 0.717) is 30.3 Å². The summed E-state index contributed by atoms with van der Waals surface area (Å²) >= 11 is 12.1. The molecule has 0 spiro atoms. The number of nitrogens with one attached hydrogen (secondary N) is 1. The van der Waals surface area contributed by atoms with E-state index in [1.165, 1.54) is 6.08 Å². The van der Waals surface area contributed by atoms with Crippen molar-refractivity contribution in [3.8, 4) is 17.6 Å². The fraction of sp³-hybridized carbons (Fsp3) is 0.158. The molecule has 0 unspecified atom stereocenters. The summed E-state index contributed by atoms with van der Waals surface area (Å²) in [6.07, 6.45) is 2.21. The molecule has 7 heteroatoms. The van der Waals surface area contributed by atoms with Gasteiger partial charge in [0.05, 0.1) is 28.9 Å². The molecule has 1 amide bonds. The Morgan fingerprint density at radius 2 is 1.81 bits per heavy atom. The van der Waals surface area contributed by atoms with Crippen molar-refractivity contribution in [3.05, 3.63) is 57.6 Å². The molecule has 5 nitrogen and oxygen atoms in total. The Morgan fingerprint density at radius 1 is 1.12 bits per heavy atom. The van der Waals surface area contributed by atoms with Crippen LogP contribution >= 0.6 is 23.2 Å². The summed E-state index contributed by atoms with van der Waals surface area (Å²) in [6.45, 7) is 1.05. The predicted molar refractivity (Wildman–Crippen MR) is 101 cm³/mol. The zero-order chi connectivity index (χ0) is 18.5. The molecule has 26 heavy (non-hydrogen) atoms. The Kier molecular flexibility index (Phi) is 5.67. The second kappa shape index (κ2) is 8.13. The molecule has 0 fully saturated rings. The summed E-state index contributed by atoms with van der Waals surface area (Å²) < 4.78 is 11.3. The van der Waals surface area contributed by atoms with E-state index < -0.39 is 5.91 Å². The minimum atomic E-state index is -0.616. The number of nitriles is 1. The number of carbonyl (C=O) groups is 1. The van der Waals surface area contributed by atoms with Crippen LogP contribution in [0, 0.1) is 11.3 Å². The van der Waals surface area contributed by atoms with Gasteiger partial charge in [0.2, 0.25) is 0 Å². The molecule has 0 atom stereocenters. The molecule has 0 aliphatic carbocycles. The van der Waals surface area contributed by atoms with Crippen molar-refractivity contribution < 1.29 is 14.3 Å². The standard InChI is InChI=1S/C19H14Cl2N2O3/c20-14-5-2-6-15(21)17(14)23-19(24)13(11-22)10-12-4-1-7-16-18(12)26-9-3-8-25-16/h1-2,4-7,10H,3,8-9H2,(H,23,24)/b13-10-. The van der Waals surface area contributed by atoms with Crippen LogP contribution in [0.1, 0.15) is 12.0 Å². The van der Waals surface area contributed by atoms with Gasteiger partial charge in [-0.15, -0.1) is 0 Å². The molecule has 132 valence electrons. The molecule has 3 rings (SSSR count). The molecular weight excluding hydrogens is 375 g/mol. The number of halogens is 2. The van der Waals surface area contributed by atoms with Crippen molar-refractivity contribution in [3.63, 3.8) is 0 Å². The van der Waals surface area contributed by atoms with Gasteiger partial charge < -0.3 is 14.8 Å². The number of fused-ring (bicyclic) bond motifs is 1. The maximum absolute atomic E-state index is 12.5. The quantitative estimate of drug-likeness (QED) is 0.610. The van der Waals surface area contributed by atoms with E-state index in [-0.39, 0.29) is 21.3 Å². The molecule has 1 aliphatic rings. The predicted octanol–water partition coefficient (Wildman–Crippen LogP) is 4.70. The number of hydrogen-bond acceptors (Lipinski definition) is 4. The number of carbonyl (C=O) groups excluding carboxylic acids is 1. The van der Waals surface area contributed by atoms with Crippen LogP contribution in [0.25, 0.3) is 6.08 Å². The van der Waals surface area contributed by atoms with Crippen molar-refractivity contribution in [2.45, 2.75) is 6.42 Å². The highest BCUT2D eigenvalue weighted by Crippen LogP contribution is 2.35. The zero-order valence-electron chi connectivity index (χ0n) is 13.6. The lowest BCUT2D eigenvalue weighted by molar-refractivity contribution is -0.112. The highest BCUT2D eigenvalue weighted by Gasteiger charge is 2.17. The van der Waals surface area contributed by atoms with Gasteiger partial charge in [-0.1, -0.05) is 41.4 Å². The average Bonchev–Trinajstić information content (AvgIpc) is 2.88. The number of nitrogens with zero attached hydrogens (tertiary/aromatic N) is 1. The van der Waals surface area contributed by atoms with Crippen LogP contribution in [0.15, 0.2) is 42.0 Å². The number of para-hydroxylation sites is 2. The second-order valence-electron chi connectivity index (χ2n) is 5.45. The molecular formula is C19H14Cl2N2O3. The van der Waals surface area contributed by atoms with E-state index in [1.807, 2.05) is 6.07 Å². The Balaban J connectivity index is 1.92. The fourth-order valence-electron chi connectivity index (χ4n) is 2.43. The molecule has 1 heterocycles. The number of rotatable bonds is 3. The summed E-state index contributed by atoms with van der Waals surface area (Å²) in [5.74, 6) is 0.485. The van der Waals surface area contributed by atoms with Gasteiger partial charge in [-0.05, 0) is 24.3 Å². The third-order valence-corrected chi connectivity index (χ3v) is 4.30. The van der Waals surface area contributed by atoms with Gasteiger partial charge >= 0.3 is 0 Å². The van der Waals surface area contributed by atoms with Crippen LogP contribution in [-0.2, 0) is 4.79 Å². The number of hydrogen-bond donors (Lipinski definition) is 1. The average molecular weight is 389 g/mol. The molecule has 0 aromatic heterocycles. The highest BCUT2D eigenvalue weighted by atomic mass is 35.5. The molecule has 2 aromatic carbocycles. The fourth-order valence-corrected chi connectivity index (χ4v) is 2.92. The van der Waals surface area contributed by atoms with Crippen LogP contribution < -0.4 is 14.8 Å². The second-order valence-corrected chi connectivity index (χ2v) is 6.26. The van der Waals surface area contributed by atoms with Gasteiger partial charge in [0.1, 0.15) is 11.6 Å². The molecule has 2 aromatic rings. The van der Waals surface area contributed by atoms with Crippen molar-refractivity contribution in [1.29, 1.82) is 5.26 Å². The lowest BCUT2D eigenvalue weighted by Gasteiger charge is -2.11. The van der Waals surface area contributed by atoms with Crippen molar-refractivity contribution in [1.82, 2.24) is 0 Å². The Hall–Kier alpha value is -2.68. The van der Waals surface area contributed by atoms with Gasteiger partial charge in [0.15, 0.2) is 11.5 Å². The molecule has 0 saturated carbocycles.